The third-order valence-corrected chi connectivity index (χ3v) is 4.29. The number of rotatable bonds is 4. The Bertz CT molecular complexity index is 660. The van der Waals surface area contributed by atoms with Gasteiger partial charge in [-0.2, -0.15) is 5.10 Å². The van der Waals surface area contributed by atoms with Crippen LogP contribution in [0.4, 0.5) is 4.79 Å². The number of carbonyl (C=O) groups is 1. The van der Waals surface area contributed by atoms with E-state index in [0.29, 0.717) is 6.54 Å². The van der Waals surface area contributed by atoms with Crippen molar-refractivity contribution in [2.24, 2.45) is 0 Å². The monoisotopic (exact) mass is 316 g/mol. The van der Waals surface area contributed by atoms with Gasteiger partial charge in [0, 0.05) is 13.1 Å². The van der Waals surface area contributed by atoms with E-state index in [1.807, 2.05) is 23.0 Å². The Balaban J connectivity index is 1.71. The summed E-state index contributed by atoms with van der Waals surface area (Å²) in [4.78, 5) is 14.1. The van der Waals surface area contributed by atoms with E-state index in [1.165, 1.54) is 5.56 Å². The van der Waals surface area contributed by atoms with Gasteiger partial charge in [0.15, 0.2) is 0 Å². The van der Waals surface area contributed by atoms with Crippen molar-refractivity contribution >= 4 is 6.03 Å². The van der Waals surface area contributed by atoms with Crippen molar-refractivity contribution in [1.29, 1.82) is 0 Å². The van der Waals surface area contributed by atoms with E-state index in [4.69, 9.17) is 4.42 Å². The fourth-order valence-corrected chi connectivity index (χ4v) is 3.14. The van der Waals surface area contributed by atoms with Crippen molar-refractivity contribution in [1.82, 2.24) is 20.0 Å². The number of aryl methyl sites for hydroxylation is 1. The Kier molecular flexibility index (Phi) is 4.41. The second kappa shape index (κ2) is 6.48. The second-order valence-corrected chi connectivity index (χ2v) is 6.42. The molecule has 0 aromatic carbocycles. The molecule has 3 rings (SSSR count). The van der Waals surface area contributed by atoms with Crippen molar-refractivity contribution in [3.05, 3.63) is 41.6 Å². The molecule has 1 N–H and O–H groups in total. The van der Waals surface area contributed by atoms with Gasteiger partial charge in [-0.05, 0) is 50.8 Å². The van der Waals surface area contributed by atoms with Gasteiger partial charge in [0.1, 0.15) is 5.76 Å². The topological polar surface area (TPSA) is 63.3 Å². The minimum atomic E-state index is -0.0873. The van der Waals surface area contributed by atoms with E-state index < -0.39 is 0 Å². The molecule has 0 aliphatic heterocycles. The first-order chi connectivity index (χ1) is 11.1. The number of hydrogen-bond acceptors (Lipinski definition) is 3. The Hall–Kier alpha value is -2.24. The molecule has 0 spiro atoms. The Morgan fingerprint density at radius 1 is 1.57 bits per heavy atom. The van der Waals surface area contributed by atoms with Crippen LogP contribution in [0.5, 0.6) is 0 Å². The van der Waals surface area contributed by atoms with Gasteiger partial charge in [0.05, 0.1) is 30.7 Å². The van der Waals surface area contributed by atoms with Crippen molar-refractivity contribution in [3.8, 4) is 0 Å². The summed E-state index contributed by atoms with van der Waals surface area (Å²) in [5.74, 6) is 0.777. The van der Waals surface area contributed by atoms with E-state index in [2.05, 4.69) is 24.3 Å². The van der Waals surface area contributed by atoms with E-state index >= 15 is 0 Å². The van der Waals surface area contributed by atoms with Crippen LogP contribution in [0.25, 0.3) is 0 Å². The van der Waals surface area contributed by atoms with Crippen LogP contribution in [-0.2, 0) is 13.0 Å². The number of furan rings is 1. The number of aromatic nitrogens is 2. The maximum absolute atomic E-state index is 12.5. The highest BCUT2D eigenvalue weighted by Gasteiger charge is 2.28. The molecule has 6 heteroatoms. The summed E-state index contributed by atoms with van der Waals surface area (Å²) < 4.78 is 7.34. The fraction of sp³-hybridized carbons (Fsp3) is 0.529. The second-order valence-electron chi connectivity index (χ2n) is 6.42. The molecule has 0 saturated heterocycles. The van der Waals surface area contributed by atoms with Gasteiger partial charge in [-0.25, -0.2) is 4.79 Å². The first kappa shape index (κ1) is 15.6. The van der Waals surface area contributed by atoms with E-state index in [9.17, 15) is 4.79 Å². The van der Waals surface area contributed by atoms with Crippen LogP contribution in [0, 0.1) is 0 Å². The standard InChI is InChI=1S/C17H24N4O2/c1-12(2)21-16-13(10-18-21)6-4-8-15(16)19-17(22)20(3)11-14-7-5-9-23-14/h5,7,9-10,12,15H,4,6,8,11H2,1-3H3,(H,19,22)/t15-/m1/s1. The molecule has 2 amide bonds. The van der Waals surface area contributed by atoms with E-state index in [0.717, 1.165) is 30.7 Å². The highest BCUT2D eigenvalue weighted by atomic mass is 16.3. The van der Waals surface area contributed by atoms with Crippen LogP contribution in [-0.4, -0.2) is 27.8 Å². The zero-order valence-corrected chi connectivity index (χ0v) is 14.0. The third-order valence-electron chi connectivity index (χ3n) is 4.29. The highest BCUT2D eigenvalue weighted by molar-refractivity contribution is 5.74. The van der Waals surface area contributed by atoms with Crippen LogP contribution in [0.3, 0.4) is 0 Å². The van der Waals surface area contributed by atoms with E-state index in [1.54, 1.807) is 18.2 Å². The minimum absolute atomic E-state index is 0.0233. The summed E-state index contributed by atoms with van der Waals surface area (Å²) in [5.41, 5.74) is 2.41. The van der Waals surface area contributed by atoms with Crippen molar-refractivity contribution in [3.63, 3.8) is 0 Å². The molecule has 2 aromatic heterocycles. The molecule has 0 radical (unpaired) electrons. The zero-order chi connectivity index (χ0) is 16.4. The summed E-state index contributed by atoms with van der Waals surface area (Å²) >= 11 is 0. The predicted octanol–water partition coefficient (Wildman–Crippen LogP) is 3.28. The first-order valence-corrected chi connectivity index (χ1v) is 8.16. The average molecular weight is 316 g/mol. The third kappa shape index (κ3) is 3.25. The van der Waals surface area contributed by atoms with Crippen LogP contribution in [0.2, 0.25) is 0 Å². The molecule has 0 unspecified atom stereocenters. The molecule has 0 fully saturated rings. The number of carbonyl (C=O) groups excluding carboxylic acids is 1. The summed E-state index contributed by atoms with van der Waals surface area (Å²) in [6.07, 6.45) is 6.63. The molecule has 2 heterocycles. The molecular formula is C17H24N4O2. The summed E-state index contributed by atoms with van der Waals surface area (Å²) in [6, 6.07) is 3.93. The summed E-state index contributed by atoms with van der Waals surface area (Å²) in [6.45, 7) is 4.69. The van der Waals surface area contributed by atoms with Crippen LogP contribution in [0.15, 0.2) is 29.0 Å². The molecule has 23 heavy (non-hydrogen) atoms. The first-order valence-electron chi connectivity index (χ1n) is 8.16. The molecule has 1 aliphatic carbocycles. The lowest BCUT2D eigenvalue weighted by Gasteiger charge is -2.28. The normalized spacial score (nSPS) is 17.1. The minimum Gasteiger partial charge on any atom is -0.467 e. The maximum Gasteiger partial charge on any atom is 0.318 e. The molecule has 124 valence electrons. The maximum atomic E-state index is 12.5. The van der Waals surface area contributed by atoms with Crippen LogP contribution < -0.4 is 5.32 Å². The largest absolute Gasteiger partial charge is 0.467 e. The summed E-state index contributed by atoms with van der Waals surface area (Å²) in [7, 11) is 1.78. The fourth-order valence-electron chi connectivity index (χ4n) is 3.14. The lowest BCUT2D eigenvalue weighted by molar-refractivity contribution is 0.196. The lowest BCUT2D eigenvalue weighted by Crippen LogP contribution is -2.40. The number of nitrogens with zero attached hydrogens (tertiary/aromatic N) is 3. The number of fused-ring (bicyclic) bond motifs is 1. The molecular weight excluding hydrogens is 292 g/mol. The van der Waals surface area contributed by atoms with Gasteiger partial charge in [0.2, 0.25) is 0 Å². The lowest BCUT2D eigenvalue weighted by atomic mass is 9.93. The van der Waals surface area contributed by atoms with Crippen molar-refractivity contribution in [2.75, 3.05) is 7.05 Å². The van der Waals surface area contributed by atoms with Gasteiger partial charge in [-0.3, -0.25) is 4.68 Å². The van der Waals surface area contributed by atoms with Crippen molar-refractivity contribution in [2.45, 2.75) is 51.7 Å². The molecule has 1 aliphatic rings. The molecule has 0 bridgehead atoms. The molecule has 0 saturated carbocycles. The Morgan fingerprint density at radius 3 is 3.09 bits per heavy atom. The van der Waals surface area contributed by atoms with Crippen LogP contribution in [0.1, 0.15) is 55.8 Å². The number of nitrogens with one attached hydrogen (secondary N) is 1. The van der Waals surface area contributed by atoms with Gasteiger partial charge >= 0.3 is 6.03 Å². The number of urea groups is 1. The molecule has 2 aromatic rings. The van der Waals surface area contributed by atoms with Gasteiger partial charge in [-0.1, -0.05) is 0 Å². The highest BCUT2D eigenvalue weighted by Crippen LogP contribution is 2.31. The van der Waals surface area contributed by atoms with Gasteiger partial charge < -0.3 is 14.6 Å². The van der Waals surface area contributed by atoms with Crippen LogP contribution >= 0.6 is 0 Å². The van der Waals surface area contributed by atoms with E-state index in [-0.39, 0.29) is 18.1 Å². The number of hydrogen-bond donors (Lipinski definition) is 1. The predicted molar refractivity (Wildman–Crippen MR) is 87.0 cm³/mol. The van der Waals surface area contributed by atoms with Gasteiger partial charge in [-0.15, -0.1) is 0 Å². The average Bonchev–Trinajstić information content (AvgIpc) is 3.16. The Labute approximate surface area is 136 Å². The molecule has 1 atom stereocenters. The Morgan fingerprint density at radius 2 is 2.39 bits per heavy atom. The SMILES string of the molecule is CC(C)n1ncc2c1[C@H](NC(=O)N(C)Cc1ccco1)CCC2. The quantitative estimate of drug-likeness (QED) is 0.941. The summed E-state index contributed by atoms with van der Waals surface area (Å²) in [5, 5.41) is 7.65. The smallest absolute Gasteiger partial charge is 0.318 e. The van der Waals surface area contributed by atoms with Crippen molar-refractivity contribution < 1.29 is 9.21 Å². The zero-order valence-electron chi connectivity index (χ0n) is 14.0. The number of amides is 2. The van der Waals surface area contributed by atoms with Gasteiger partial charge in [0.25, 0.3) is 0 Å². The molecule has 6 nitrogen and oxygen atoms in total.